The topological polar surface area (TPSA) is 72.3 Å². The lowest BCUT2D eigenvalue weighted by atomic mass is 9.95. The summed E-state index contributed by atoms with van der Waals surface area (Å²) in [4.78, 5) is 14.8. The molecule has 29 heavy (non-hydrogen) atoms. The van der Waals surface area contributed by atoms with Gasteiger partial charge in [0.15, 0.2) is 0 Å². The highest BCUT2D eigenvalue weighted by Crippen LogP contribution is 2.30. The number of amides is 1. The molecule has 1 N–H and O–H groups in total. The van der Waals surface area contributed by atoms with Gasteiger partial charge in [-0.15, -0.1) is 22.6 Å². The van der Waals surface area contributed by atoms with Gasteiger partial charge in [-0.2, -0.15) is 0 Å². The average molecular weight is 418 g/mol. The van der Waals surface area contributed by atoms with Gasteiger partial charge in [0.2, 0.25) is 0 Å². The number of halogens is 1. The van der Waals surface area contributed by atoms with E-state index in [1.54, 1.807) is 0 Å². The first-order valence-electron chi connectivity index (χ1n) is 10.4. The van der Waals surface area contributed by atoms with E-state index in [-0.39, 0.29) is 18.3 Å². The van der Waals surface area contributed by atoms with Crippen LogP contribution in [-0.4, -0.2) is 51.8 Å². The van der Waals surface area contributed by atoms with Crippen LogP contribution in [0.25, 0.3) is 0 Å². The fourth-order valence-electron chi connectivity index (χ4n) is 4.13. The minimum atomic E-state index is 0. The Hall–Kier alpha value is -2.12. The molecular weight excluding hydrogens is 390 g/mol. The Bertz CT molecular complexity index is 841. The zero-order valence-corrected chi connectivity index (χ0v) is 17.4. The first-order valence-corrected chi connectivity index (χ1v) is 10.4. The monoisotopic (exact) mass is 417 g/mol. The first kappa shape index (κ1) is 20.2. The van der Waals surface area contributed by atoms with Gasteiger partial charge in [-0.3, -0.25) is 4.79 Å². The fraction of sp³-hybridized carbons (Fsp3) is 0.571. The summed E-state index contributed by atoms with van der Waals surface area (Å²) in [6.45, 7) is 5.03. The van der Waals surface area contributed by atoms with Crippen molar-refractivity contribution in [3.8, 4) is 5.75 Å². The molecule has 0 radical (unpaired) electrons. The highest BCUT2D eigenvalue weighted by molar-refractivity contribution is 5.94. The molecule has 0 atom stereocenters. The molecule has 7 nitrogen and oxygen atoms in total. The van der Waals surface area contributed by atoms with E-state index >= 15 is 0 Å². The molecule has 0 spiro atoms. The predicted molar refractivity (Wildman–Crippen MR) is 112 cm³/mol. The van der Waals surface area contributed by atoms with Crippen LogP contribution < -0.4 is 10.1 Å². The van der Waals surface area contributed by atoms with E-state index in [1.807, 2.05) is 29.2 Å². The number of ether oxygens (including phenoxy) is 1. The molecule has 156 valence electrons. The van der Waals surface area contributed by atoms with Gasteiger partial charge in [-0.05, 0) is 55.9 Å². The van der Waals surface area contributed by atoms with Crippen LogP contribution in [0.5, 0.6) is 5.75 Å². The smallest absolute Gasteiger partial charge is 0.253 e. The molecule has 1 aromatic carbocycles. The molecule has 3 aliphatic rings. The maximum Gasteiger partial charge on any atom is 0.253 e. The number of rotatable bonds is 5. The van der Waals surface area contributed by atoms with Crippen molar-refractivity contribution >= 4 is 18.3 Å². The number of piperidine rings is 1. The lowest BCUT2D eigenvalue weighted by Gasteiger charge is -2.32. The van der Waals surface area contributed by atoms with Crippen molar-refractivity contribution in [3.05, 3.63) is 41.5 Å². The van der Waals surface area contributed by atoms with Gasteiger partial charge in [-0.25, -0.2) is 0 Å². The molecular formula is C21H28ClN5O2. The van der Waals surface area contributed by atoms with Gasteiger partial charge in [0.25, 0.3) is 5.91 Å². The Morgan fingerprint density at radius 2 is 1.83 bits per heavy atom. The third-order valence-corrected chi connectivity index (χ3v) is 6.08. The molecule has 1 aromatic heterocycles. The summed E-state index contributed by atoms with van der Waals surface area (Å²) in [6.07, 6.45) is 4.45. The predicted octanol–water partition coefficient (Wildman–Crippen LogP) is 2.61. The van der Waals surface area contributed by atoms with Crippen LogP contribution in [0.4, 0.5) is 0 Å². The third-order valence-electron chi connectivity index (χ3n) is 6.08. The summed E-state index contributed by atoms with van der Waals surface area (Å²) >= 11 is 0. The van der Waals surface area contributed by atoms with Gasteiger partial charge < -0.3 is 19.5 Å². The number of carbonyl (C=O) groups excluding carboxylic acids is 1. The van der Waals surface area contributed by atoms with Crippen LogP contribution in [0, 0.1) is 5.92 Å². The lowest BCUT2D eigenvalue weighted by Crippen LogP contribution is -2.38. The van der Waals surface area contributed by atoms with Crippen LogP contribution in [0.2, 0.25) is 0 Å². The maximum atomic E-state index is 12.9. The maximum absolute atomic E-state index is 12.9. The summed E-state index contributed by atoms with van der Waals surface area (Å²) in [5.41, 5.74) is 0.739. The fourth-order valence-corrected chi connectivity index (χ4v) is 4.13. The lowest BCUT2D eigenvalue weighted by molar-refractivity contribution is 0.0710. The minimum absolute atomic E-state index is 0. The minimum Gasteiger partial charge on any atom is -0.493 e. The zero-order valence-electron chi connectivity index (χ0n) is 16.5. The Labute approximate surface area is 177 Å². The van der Waals surface area contributed by atoms with Crippen molar-refractivity contribution in [3.63, 3.8) is 0 Å². The third kappa shape index (κ3) is 4.41. The van der Waals surface area contributed by atoms with Crippen molar-refractivity contribution in [2.75, 3.05) is 26.2 Å². The van der Waals surface area contributed by atoms with E-state index < -0.39 is 0 Å². The van der Waals surface area contributed by atoms with Gasteiger partial charge >= 0.3 is 0 Å². The van der Waals surface area contributed by atoms with E-state index in [4.69, 9.17) is 4.74 Å². The molecule has 2 aromatic rings. The second-order valence-electron chi connectivity index (χ2n) is 8.15. The van der Waals surface area contributed by atoms with Crippen LogP contribution >= 0.6 is 12.4 Å². The number of nitrogens with one attached hydrogen (secondary N) is 1. The van der Waals surface area contributed by atoms with Gasteiger partial charge in [-0.1, -0.05) is 0 Å². The molecule has 0 bridgehead atoms. The molecule has 2 aliphatic heterocycles. The van der Waals surface area contributed by atoms with Crippen molar-refractivity contribution in [1.82, 2.24) is 25.0 Å². The highest BCUT2D eigenvalue weighted by atomic mass is 35.5. The number of hydrogen-bond donors (Lipinski definition) is 1. The number of carbonyl (C=O) groups is 1. The quantitative estimate of drug-likeness (QED) is 0.809. The summed E-state index contributed by atoms with van der Waals surface area (Å²) in [6, 6.07) is 7.61. The molecule has 1 saturated carbocycles. The Morgan fingerprint density at radius 3 is 2.55 bits per heavy atom. The molecule has 3 heterocycles. The number of aromatic nitrogens is 3. The standard InChI is InChI=1S/C21H27N5O2.ClH/c27-21(17-3-5-18(6-4-17)28-14-15-1-2-15)25-10-7-16(8-11-25)20-24-23-19-13-22-9-12-26(19)20;/h3-6,15-16,22H,1-2,7-14H2;1H. The van der Waals surface area contributed by atoms with Gasteiger partial charge in [0, 0.05) is 37.7 Å². The number of hydrogen-bond acceptors (Lipinski definition) is 5. The van der Waals surface area contributed by atoms with E-state index in [0.717, 1.165) is 81.1 Å². The van der Waals surface area contributed by atoms with Crippen LogP contribution in [0.1, 0.15) is 53.6 Å². The molecule has 0 unspecified atom stereocenters. The van der Waals surface area contributed by atoms with Gasteiger partial charge in [0.1, 0.15) is 17.4 Å². The summed E-state index contributed by atoms with van der Waals surface area (Å²) in [5, 5.41) is 12.1. The van der Waals surface area contributed by atoms with Crippen molar-refractivity contribution in [1.29, 1.82) is 0 Å². The molecule has 1 saturated heterocycles. The van der Waals surface area contributed by atoms with E-state index in [0.29, 0.717) is 5.92 Å². The summed E-state index contributed by atoms with van der Waals surface area (Å²) in [5.74, 6) is 4.22. The van der Waals surface area contributed by atoms with Crippen LogP contribution in [0.3, 0.4) is 0 Å². The average Bonchev–Trinajstić information content (AvgIpc) is 3.49. The van der Waals surface area contributed by atoms with Crippen molar-refractivity contribution in [2.45, 2.75) is 44.7 Å². The number of fused-ring (bicyclic) bond motifs is 1. The normalized spacial score (nSPS) is 19.4. The van der Waals surface area contributed by atoms with Crippen molar-refractivity contribution in [2.24, 2.45) is 5.92 Å². The Morgan fingerprint density at radius 1 is 1.07 bits per heavy atom. The molecule has 1 aliphatic carbocycles. The molecule has 2 fully saturated rings. The van der Waals surface area contributed by atoms with E-state index in [9.17, 15) is 4.79 Å². The number of nitrogens with zero attached hydrogens (tertiary/aromatic N) is 4. The Kier molecular flexibility index (Phi) is 6.06. The molecule has 1 amide bonds. The molecule has 8 heteroatoms. The number of benzene rings is 1. The highest BCUT2D eigenvalue weighted by Gasteiger charge is 2.29. The SMILES string of the molecule is Cl.O=C(c1ccc(OCC2CC2)cc1)N1CCC(c2nnc3n2CCNC3)CC1. The summed E-state index contributed by atoms with van der Waals surface area (Å²) < 4.78 is 8.03. The van der Waals surface area contributed by atoms with Gasteiger partial charge in [0.05, 0.1) is 13.2 Å². The first-order chi connectivity index (χ1) is 13.8. The number of likely N-dealkylation sites (tertiary alicyclic amines) is 1. The second-order valence-corrected chi connectivity index (χ2v) is 8.15. The van der Waals surface area contributed by atoms with Crippen molar-refractivity contribution < 1.29 is 9.53 Å². The second kappa shape index (κ2) is 8.71. The van der Waals surface area contributed by atoms with E-state index in [1.165, 1.54) is 12.8 Å². The zero-order chi connectivity index (χ0) is 18.9. The van der Waals surface area contributed by atoms with E-state index in [2.05, 4.69) is 20.1 Å². The largest absolute Gasteiger partial charge is 0.493 e. The van der Waals surface area contributed by atoms with Crippen LogP contribution in [-0.2, 0) is 13.1 Å². The summed E-state index contributed by atoms with van der Waals surface area (Å²) in [7, 11) is 0. The Balaban J connectivity index is 0.00000205. The van der Waals surface area contributed by atoms with Crippen LogP contribution in [0.15, 0.2) is 24.3 Å². The molecule has 5 rings (SSSR count).